The fraction of sp³-hybridized carbons (Fsp3) is 0.375. The average molecular weight is 459 g/mol. The van der Waals surface area contributed by atoms with Crippen LogP contribution in [0.2, 0.25) is 0 Å². The van der Waals surface area contributed by atoms with Crippen LogP contribution < -0.4 is 4.74 Å². The fourth-order valence-corrected chi connectivity index (χ4v) is 5.37. The molecule has 0 radical (unpaired) electrons. The molecule has 0 saturated carbocycles. The molecule has 0 unspecified atom stereocenters. The highest BCUT2D eigenvalue weighted by Gasteiger charge is 2.39. The highest BCUT2D eigenvalue weighted by atomic mass is 32.2. The van der Waals surface area contributed by atoms with Crippen molar-refractivity contribution in [2.75, 3.05) is 20.2 Å². The van der Waals surface area contributed by atoms with Gasteiger partial charge in [0.2, 0.25) is 10.0 Å². The number of benzene rings is 2. The number of sulfonamides is 1. The minimum absolute atomic E-state index is 0.0404. The van der Waals surface area contributed by atoms with E-state index in [2.05, 4.69) is 6.58 Å². The van der Waals surface area contributed by atoms with E-state index in [0.717, 1.165) is 22.7 Å². The number of amides is 1. The van der Waals surface area contributed by atoms with E-state index in [4.69, 9.17) is 4.74 Å². The number of aryl methyl sites for hydroxylation is 1. The first-order valence-electron chi connectivity index (χ1n) is 10.6. The van der Waals surface area contributed by atoms with Gasteiger partial charge in [-0.2, -0.15) is 4.31 Å². The molecule has 32 heavy (non-hydrogen) atoms. The van der Waals surface area contributed by atoms with Crippen molar-refractivity contribution in [3.63, 3.8) is 0 Å². The number of aliphatic hydroxyl groups is 1. The summed E-state index contributed by atoms with van der Waals surface area (Å²) in [6.45, 7) is 6.69. The fourth-order valence-electron chi connectivity index (χ4n) is 3.78. The largest absolute Gasteiger partial charge is 0.497 e. The molecular formula is C24H30N2O5S. The predicted molar refractivity (Wildman–Crippen MR) is 123 cm³/mol. The Morgan fingerprint density at radius 1 is 1.16 bits per heavy atom. The third-order valence-corrected chi connectivity index (χ3v) is 7.55. The normalized spacial score (nSPS) is 16.1. The lowest BCUT2D eigenvalue weighted by Gasteiger charge is -2.33. The maximum atomic E-state index is 13.6. The number of hydrogen-bond donors (Lipinski definition) is 1. The van der Waals surface area contributed by atoms with Gasteiger partial charge in [0.15, 0.2) is 6.10 Å². The van der Waals surface area contributed by atoms with E-state index < -0.39 is 28.1 Å². The molecule has 1 heterocycles. The number of aliphatic hydroxyl groups excluding tert-OH is 1. The summed E-state index contributed by atoms with van der Waals surface area (Å²) in [5.74, 6) is 0.164. The van der Waals surface area contributed by atoms with E-state index in [9.17, 15) is 18.3 Å². The van der Waals surface area contributed by atoms with Gasteiger partial charge >= 0.3 is 0 Å². The number of methoxy groups -OCH3 is 1. The molecule has 0 spiro atoms. The molecule has 1 aliphatic rings. The molecule has 0 aliphatic carbocycles. The zero-order valence-electron chi connectivity index (χ0n) is 18.5. The minimum atomic E-state index is -4.04. The standard InChI is InChI=1S/C24H30N2O5S/c1-4-22(23(27)24(28)25-15-5-6-16-25)26(17-19-9-11-20(31-3)12-10-19)32(29,30)21-13-7-18(2)8-14-21/h4,7-14,22-23,27H,1,5-6,15-17H2,2-3H3/t22-,23+/m0/s1. The van der Waals surface area contributed by atoms with Crippen LogP contribution in [0, 0.1) is 6.92 Å². The van der Waals surface area contributed by atoms with E-state index >= 15 is 0 Å². The Hall–Kier alpha value is -2.68. The van der Waals surface area contributed by atoms with Gasteiger partial charge in [-0.15, -0.1) is 6.58 Å². The molecule has 1 saturated heterocycles. The number of carbonyl (C=O) groups excluding carboxylic acids is 1. The predicted octanol–water partition coefficient (Wildman–Crippen LogP) is 2.73. The second-order valence-corrected chi connectivity index (χ2v) is 9.81. The highest BCUT2D eigenvalue weighted by Crippen LogP contribution is 2.25. The lowest BCUT2D eigenvalue weighted by molar-refractivity contribution is -0.140. The smallest absolute Gasteiger partial charge is 0.253 e. The molecule has 3 rings (SSSR count). The van der Waals surface area contributed by atoms with Gasteiger partial charge in [0.1, 0.15) is 5.75 Å². The number of carbonyl (C=O) groups is 1. The molecule has 1 N–H and O–H groups in total. The monoisotopic (exact) mass is 458 g/mol. The van der Waals surface area contributed by atoms with Crippen molar-refractivity contribution in [3.8, 4) is 5.75 Å². The molecule has 0 bridgehead atoms. The van der Waals surface area contributed by atoms with Gasteiger partial charge in [-0.25, -0.2) is 8.42 Å². The lowest BCUT2D eigenvalue weighted by atomic mass is 10.1. The summed E-state index contributed by atoms with van der Waals surface area (Å²) >= 11 is 0. The minimum Gasteiger partial charge on any atom is -0.497 e. The number of likely N-dealkylation sites (tertiary alicyclic amines) is 1. The summed E-state index contributed by atoms with van der Waals surface area (Å²) in [6, 6.07) is 12.3. The Bertz CT molecular complexity index is 1030. The van der Waals surface area contributed by atoms with Gasteiger partial charge in [-0.3, -0.25) is 4.79 Å². The second-order valence-electron chi connectivity index (χ2n) is 7.91. The SMILES string of the molecule is C=C[C@@H]([C@@H](O)C(=O)N1CCCC1)N(Cc1ccc(OC)cc1)S(=O)(=O)c1ccc(C)cc1. The van der Waals surface area contributed by atoms with E-state index in [0.29, 0.717) is 24.4 Å². The third-order valence-electron chi connectivity index (χ3n) is 5.69. The third kappa shape index (κ3) is 5.20. The Labute approximate surface area is 190 Å². The van der Waals surface area contributed by atoms with Crippen molar-refractivity contribution >= 4 is 15.9 Å². The van der Waals surface area contributed by atoms with Crippen molar-refractivity contribution < 1.29 is 23.1 Å². The van der Waals surface area contributed by atoms with Gasteiger partial charge in [-0.1, -0.05) is 35.9 Å². The van der Waals surface area contributed by atoms with Gasteiger partial charge in [0.05, 0.1) is 18.0 Å². The summed E-state index contributed by atoms with van der Waals surface area (Å²) in [5.41, 5.74) is 1.62. The van der Waals surface area contributed by atoms with Crippen LogP contribution in [0.25, 0.3) is 0 Å². The highest BCUT2D eigenvalue weighted by molar-refractivity contribution is 7.89. The second kappa shape index (κ2) is 10.3. The first-order valence-corrected chi connectivity index (χ1v) is 12.0. The van der Waals surface area contributed by atoms with E-state index in [1.54, 1.807) is 48.4 Å². The first kappa shape index (κ1) is 24.0. The molecule has 2 atom stereocenters. The van der Waals surface area contributed by atoms with Gasteiger partial charge in [-0.05, 0) is 49.6 Å². The van der Waals surface area contributed by atoms with Crippen molar-refractivity contribution in [2.24, 2.45) is 0 Å². The topological polar surface area (TPSA) is 87.2 Å². The zero-order valence-corrected chi connectivity index (χ0v) is 19.3. The van der Waals surface area contributed by atoms with Crippen LogP contribution in [-0.4, -0.2) is 61.0 Å². The Morgan fingerprint density at radius 2 is 1.75 bits per heavy atom. The zero-order chi connectivity index (χ0) is 23.3. The number of ether oxygens (including phenoxy) is 1. The first-order chi connectivity index (χ1) is 15.3. The van der Waals surface area contributed by atoms with Crippen molar-refractivity contribution in [2.45, 2.75) is 43.4 Å². The van der Waals surface area contributed by atoms with Crippen LogP contribution in [0.1, 0.15) is 24.0 Å². The van der Waals surface area contributed by atoms with Crippen molar-refractivity contribution in [1.29, 1.82) is 0 Å². The molecule has 8 heteroatoms. The van der Waals surface area contributed by atoms with Gasteiger partial charge in [0.25, 0.3) is 5.91 Å². The van der Waals surface area contributed by atoms with Crippen LogP contribution in [0.3, 0.4) is 0 Å². The van der Waals surface area contributed by atoms with Crippen molar-refractivity contribution in [1.82, 2.24) is 9.21 Å². The van der Waals surface area contributed by atoms with Crippen LogP contribution in [0.15, 0.2) is 66.1 Å². The Balaban J connectivity index is 1.99. The number of rotatable bonds is 9. The van der Waals surface area contributed by atoms with Crippen molar-refractivity contribution in [3.05, 3.63) is 72.3 Å². The van der Waals surface area contributed by atoms with Crippen LogP contribution >= 0.6 is 0 Å². The summed E-state index contributed by atoms with van der Waals surface area (Å²) < 4.78 is 33.6. The van der Waals surface area contributed by atoms with Crippen LogP contribution in [0.4, 0.5) is 0 Å². The average Bonchev–Trinajstić information content (AvgIpc) is 3.34. The van der Waals surface area contributed by atoms with Gasteiger partial charge < -0.3 is 14.7 Å². The molecular weight excluding hydrogens is 428 g/mol. The molecule has 1 aliphatic heterocycles. The Morgan fingerprint density at radius 3 is 2.28 bits per heavy atom. The summed E-state index contributed by atoms with van der Waals surface area (Å²) in [4.78, 5) is 14.5. The molecule has 7 nitrogen and oxygen atoms in total. The lowest BCUT2D eigenvalue weighted by Crippen LogP contribution is -2.51. The van der Waals surface area contributed by atoms with Gasteiger partial charge in [0, 0.05) is 19.6 Å². The van der Waals surface area contributed by atoms with E-state index in [-0.39, 0.29) is 11.4 Å². The Kier molecular flexibility index (Phi) is 7.71. The summed E-state index contributed by atoms with van der Waals surface area (Å²) in [7, 11) is -2.49. The van der Waals surface area contributed by atoms with Crippen LogP contribution in [0.5, 0.6) is 5.75 Å². The summed E-state index contributed by atoms with van der Waals surface area (Å²) in [5, 5.41) is 10.9. The van der Waals surface area contributed by atoms with Crippen LogP contribution in [-0.2, 0) is 21.4 Å². The number of hydrogen-bond acceptors (Lipinski definition) is 5. The molecule has 2 aromatic carbocycles. The number of nitrogens with zero attached hydrogens (tertiary/aromatic N) is 2. The quantitative estimate of drug-likeness (QED) is 0.584. The molecule has 172 valence electrons. The maximum Gasteiger partial charge on any atom is 0.253 e. The van der Waals surface area contributed by atoms with E-state index in [1.807, 2.05) is 6.92 Å². The van der Waals surface area contributed by atoms with E-state index in [1.165, 1.54) is 18.2 Å². The maximum absolute atomic E-state index is 13.6. The molecule has 0 aromatic heterocycles. The summed E-state index contributed by atoms with van der Waals surface area (Å²) in [6.07, 6.45) is 1.51. The molecule has 2 aromatic rings. The molecule has 1 amide bonds. The molecule has 1 fully saturated rings.